The lowest BCUT2D eigenvalue weighted by Crippen LogP contribution is -2.14. The largest absolute Gasteiger partial charge is 0.239 e. The van der Waals surface area contributed by atoms with Crippen molar-refractivity contribution in [2.75, 3.05) is 0 Å². The number of aromatic nitrogens is 1. The summed E-state index contributed by atoms with van der Waals surface area (Å²) in [6.45, 7) is 0. The van der Waals surface area contributed by atoms with Crippen molar-refractivity contribution < 1.29 is 12.8 Å². The molecule has 0 aliphatic heterocycles. The van der Waals surface area contributed by atoms with E-state index in [1.807, 2.05) is 0 Å². The lowest BCUT2D eigenvalue weighted by molar-refractivity contribution is 0.570. The highest BCUT2D eigenvalue weighted by molar-refractivity contribution is 14.1. The summed E-state index contributed by atoms with van der Waals surface area (Å²) >= 11 is 1.71. The average molecular weight is 302 g/mol. The molecule has 12 heavy (non-hydrogen) atoms. The summed E-state index contributed by atoms with van der Waals surface area (Å²) in [4.78, 5) is 3.02. The van der Waals surface area contributed by atoms with Gasteiger partial charge in [0.05, 0.1) is 3.57 Å². The third-order valence-corrected chi connectivity index (χ3v) is 3.27. The number of nitrogens with two attached hydrogens (primary N) is 1. The number of primary sulfonamides is 1. The Labute approximate surface area is 82.2 Å². The Morgan fingerprint density at radius 1 is 1.58 bits per heavy atom. The van der Waals surface area contributed by atoms with Gasteiger partial charge in [-0.15, -0.1) is 0 Å². The van der Waals surface area contributed by atoms with Crippen molar-refractivity contribution in [1.29, 1.82) is 0 Å². The van der Waals surface area contributed by atoms with E-state index in [-0.39, 0.29) is 4.90 Å². The van der Waals surface area contributed by atoms with E-state index in [0.29, 0.717) is 3.57 Å². The van der Waals surface area contributed by atoms with Gasteiger partial charge < -0.3 is 0 Å². The normalized spacial score (nSPS) is 11.6. The van der Waals surface area contributed by atoms with Crippen molar-refractivity contribution in [2.24, 2.45) is 5.14 Å². The fourth-order valence-electron chi connectivity index (χ4n) is 0.614. The molecule has 0 aliphatic carbocycles. The van der Waals surface area contributed by atoms with Crippen molar-refractivity contribution in [3.63, 3.8) is 0 Å². The molecule has 1 aromatic heterocycles. The van der Waals surface area contributed by atoms with Gasteiger partial charge in [-0.1, -0.05) is 0 Å². The van der Waals surface area contributed by atoms with Gasteiger partial charge in [0.25, 0.3) is 0 Å². The van der Waals surface area contributed by atoms with Crippen molar-refractivity contribution in [2.45, 2.75) is 4.90 Å². The maximum atomic E-state index is 12.4. The second-order valence-electron chi connectivity index (χ2n) is 1.98. The van der Waals surface area contributed by atoms with Crippen LogP contribution in [-0.4, -0.2) is 13.4 Å². The molecule has 1 heterocycles. The molecule has 0 saturated carbocycles. The molecule has 0 spiro atoms. The van der Waals surface area contributed by atoms with Gasteiger partial charge in [0, 0.05) is 12.3 Å². The van der Waals surface area contributed by atoms with Gasteiger partial charge in [-0.3, -0.25) is 0 Å². The van der Waals surface area contributed by atoms with Crippen LogP contribution in [0.1, 0.15) is 0 Å². The summed E-state index contributed by atoms with van der Waals surface area (Å²) in [6, 6.07) is 0.789. The highest BCUT2D eigenvalue weighted by Gasteiger charge is 2.13. The number of halogens is 2. The first kappa shape index (κ1) is 9.81. The number of hydrogen-bond acceptors (Lipinski definition) is 3. The summed E-state index contributed by atoms with van der Waals surface area (Å²) in [5.74, 6) is -0.862. The van der Waals surface area contributed by atoms with Gasteiger partial charge in [-0.05, 0) is 22.6 Å². The van der Waals surface area contributed by atoms with Crippen molar-refractivity contribution >= 4 is 32.6 Å². The number of hydrogen-bond donors (Lipinski definition) is 1. The van der Waals surface area contributed by atoms with Crippen LogP contribution in [0, 0.1) is 9.52 Å². The standard InChI is InChI=1S/C5H4FIN2O2S/c6-5-1-4(12(8,10)11)3(7)2-9-5/h1-2H,(H2,8,10,11). The molecule has 1 aromatic rings. The Kier molecular flexibility index (Phi) is 2.64. The van der Waals surface area contributed by atoms with E-state index in [9.17, 15) is 12.8 Å². The molecule has 0 bridgehead atoms. The summed E-state index contributed by atoms with van der Waals surface area (Å²) in [6.07, 6.45) is 1.11. The lowest BCUT2D eigenvalue weighted by atomic mass is 10.5. The molecule has 0 saturated heterocycles. The van der Waals surface area contributed by atoms with Crippen LogP contribution in [0.2, 0.25) is 0 Å². The quantitative estimate of drug-likeness (QED) is 0.605. The van der Waals surface area contributed by atoms with Crippen LogP contribution in [0.15, 0.2) is 17.2 Å². The topological polar surface area (TPSA) is 73.1 Å². The monoisotopic (exact) mass is 302 g/mol. The fourth-order valence-corrected chi connectivity index (χ4v) is 2.42. The molecular formula is C5H4FIN2O2S. The SMILES string of the molecule is NS(=O)(=O)c1cc(F)ncc1I. The Hall–Kier alpha value is -0.280. The molecule has 1 rings (SSSR count). The van der Waals surface area contributed by atoms with Crippen LogP contribution in [0.3, 0.4) is 0 Å². The van der Waals surface area contributed by atoms with E-state index < -0.39 is 16.0 Å². The average Bonchev–Trinajstić information content (AvgIpc) is 1.92. The molecule has 0 aromatic carbocycles. The molecule has 0 amide bonds. The zero-order valence-corrected chi connectivity index (χ0v) is 8.63. The predicted octanol–water partition coefficient (Wildman–Crippen LogP) is 0.473. The van der Waals surface area contributed by atoms with E-state index in [2.05, 4.69) is 4.98 Å². The first-order valence-corrected chi connectivity index (χ1v) is 5.37. The molecule has 66 valence electrons. The van der Waals surface area contributed by atoms with Crippen molar-refractivity contribution in [3.05, 3.63) is 21.8 Å². The van der Waals surface area contributed by atoms with Crippen LogP contribution in [0.4, 0.5) is 4.39 Å². The minimum atomic E-state index is -3.84. The van der Waals surface area contributed by atoms with Crippen LogP contribution in [-0.2, 0) is 10.0 Å². The molecule has 2 N–H and O–H groups in total. The second kappa shape index (κ2) is 3.23. The van der Waals surface area contributed by atoms with E-state index in [4.69, 9.17) is 5.14 Å². The van der Waals surface area contributed by atoms with E-state index in [1.165, 1.54) is 0 Å². The predicted molar refractivity (Wildman–Crippen MR) is 48.3 cm³/mol. The second-order valence-corrected chi connectivity index (χ2v) is 4.67. The van der Waals surface area contributed by atoms with E-state index >= 15 is 0 Å². The number of nitrogens with zero attached hydrogens (tertiary/aromatic N) is 1. The van der Waals surface area contributed by atoms with Crippen molar-refractivity contribution in [3.8, 4) is 0 Å². The molecule has 0 fully saturated rings. The van der Waals surface area contributed by atoms with Gasteiger partial charge in [0.1, 0.15) is 4.90 Å². The smallest absolute Gasteiger partial charge is 0.227 e. The molecule has 0 radical (unpaired) electrons. The zero-order valence-electron chi connectivity index (χ0n) is 5.66. The number of sulfonamides is 1. The van der Waals surface area contributed by atoms with Crippen molar-refractivity contribution in [1.82, 2.24) is 4.98 Å². The van der Waals surface area contributed by atoms with Gasteiger partial charge in [-0.25, -0.2) is 18.5 Å². The third kappa shape index (κ3) is 2.11. The first-order valence-electron chi connectivity index (χ1n) is 2.75. The van der Waals surface area contributed by atoms with Gasteiger partial charge in [0.2, 0.25) is 16.0 Å². The lowest BCUT2D eigenvalue weighted by Gasteiger charge is -1.99. The van der Waals surface area contributed by atoms with Crippen LogP contribution in [0.5, 0.6) is 0 Å². The molecule has 7 heteroatoms. The molecule has 4 nitrogen and oxygen atoms in total. The summed E-state index contributed by atoms with van der Waals surface area (Å²) in [7, 11) is -3.84. The van der Waals surface area contributed by atoms with Crippen LogP contribution in [0.25, 0.3) is 0 Å². The summed E-state index contributed by atoms with van der Waals surface area (Å²) < 4.78 is 34.3. The van der Waals surface area contributed by atoms with Gasteiger partial charge in [0.15, 0.2) is 0 Å². The van der Waals surface area contributed by atoms with Crippen LogP contribution < -0.4 is 5.14 Å². The minimum Gasteiger partial charge on any atom is -0.227 e. The molecule has 0 atom stereocenters. The fraction of sp³-hybridized carbons (Fsp3) is 0. The minimum absolute atomic E-state index is 0.240. The Bertz CT molecular complexity index is 406. The summed E-state index contributed by atoms with van der Waals surface area (Å²) in [5.41, 5.74) is 0. The third-order valence-electron chi connectivity index (χ3n) is 1.09. The number of rotatable bonds is 1. The highest BCUT2D eigenvalue weighted by Crippen LogP contribution is 2.15. The highest BCUT2D eigenvalue weighted by atomic mass is 127. The van der Waals surface area contributed by atoms with Gasteiger partial charge in [-0.2, -0.15) is 4.39 Å². The Morgan fingerprint density at radius 3 is 2.58 bits per heavy atom. The molecule has 0 unspecified atom stereocenters. The number of pyridine rings is 1. The maximum Gasteiger partial charge on any atom is 0.239 e. The maximum absolute atomic E-state index is 12.4. The molecular weight excluding hydrogens is 298 g/mol. The zero-order chi connectivity index (χ0) is 9.35. The van der Waals surface area contributed by atoms with E-state index in [0.717, 1.165) is 12.3 Å². The Morgan fingerprint density at radius 2 is 2.17 bits per heavy atom. The van der Waals surface area contributed by atoms with E-state index in [1.54, 1.807) is 22.6 Å². The molecule has 0 aliphatic rings. The Balaban J connectivity index is 3.43. The van der Waals surface area contributed by atoms with Crippen LogP contribution >= 0.6 is 22.6 Å². The van der Waals surface area contributed by atoms with Gasteiger partial charge >= 0.3 is 0 Å². The summed E-state index contributed by atoms with van der Waals surface area (Å²) in [5, 5.41) is 4.80. The first-order chi connectivity index (χ1) is 5.41.